The third-order valence-corrected chi connectivity index (χ3v) is 4.37. The van der Waals surface area contributed by atoms with E-state index in [0.29, 0.717) is 13.1 Å². The Morgan fingerprint density at radius 3 is 2.39 bits per heavy atom. The molecule has 0 aliphatic carbocycles. The van der Waals surface area contributed by atoms with Gasteiger partial charge in [0.05, 0.1) is 4.90 Å². The van der Waals surface area contributed by atoms with Crippen molar-refractivity contribution in [3.8, 4) is 0 Å². The number of nitrogens with two attached hydrogens (primary N) is 1. The molecule has 4 nitrogen and oxygen atoms in total. The van der Waals surface area contributed by atoms with Gasteiger partial charge in [0.25, 0.3) is 0 Å². The van der Waals surface area contributed by atoms with Crippen molar-refractivity contribution in [3.63, 3.8) is 0 Å². The number of sulfonamides is 1. The van der Waals surface area contributed by atoms with Crippen LogP contribution >= 0.6 is 0 Å². The minimum atomic E-state index is -3.68. The summed E-state index contributed by atoms with van der Waals surface area (Å²) >= 11 is 0. The van der Waals surface area contributed by atoms with Gasteiger partial charge in [-0.3, -0.25) is 0 Å². The fourth-order valence-electron chi connectivity index (χ4n) is 1.69. The van der Waals surface area contributed by atoms with E-state index < -0.39 is 15.8 Å². The molecule has 6 heteroatoms. The van der Waals surface area contributed by atoms with Crippen molar-refractivity contribution < 1.29 is 12.8 Å². The predicted molar refractivity (Wildman–Crippen MR) is 70.1 cm³/mol. The molecule has 2 N–H and O–H groups in total. The van der Waals surface area contributed by atoms with Gasteiger partial charge in [-0.1, -0.05) is 20.8 Å². The Morgan fingerprint density at radius 2 is 1.94 bits per heavy atom. The number of halogens is 1. The highest BCUT2D eigenvalue weighted by atomic mass is 32.2. The van der Waals surface area contributed by atoms with E-state index in [2.05, 4.69) is 0 Å². The van der Waals surface area contributed by atoms with E-state index in [1.54, 1.807) is 6.92 Å². The zero-order chi connectivity index (χ0) is 13.9. The van der Waals surface area contributed by atoms with Crippen LogP contribution in [0.3, 0.4) is 0 Å². The van der Waals surface area contributed by atoms with Gasteiger partial charge in [0.15, 0.2) is 0 Å². The summed E-state index contributed by atoms with van der Waals surface area (Å²) in [6.45, 7) is 6.35. The van der Waals surface area contributed by atoms with Crippen LogP contribution in [0.25, 0.3) is 0 Å². The molecule has 18 heavy (non-hydrogen) atoms. The molecule has 0 aliphatic heterocycles. The lowest BCUT2D eigenvalue weighted by molar-refractivity contribution is 0.380. The molecular weight excluding hydrogens is 255 g/mol. The van der Waals surface area contributed by atoms with Gasteiger partial charge in [0.2, 0.25) is 10.0 Å². The lowest BCUT2D eigenvalue weighted by atomic mass is 10.2. The van der Waals surface area contributed by atoms with Crippen LogP contribution < -0.4 is 5.73 Å². The number of hydrogen-bond acceptors (Lipinski definition) is 3. The molecule has 0 fully saturated rings. The Hall–Kier alpha value is -1.14. The van der Waals surface area contributed by atoms with Crippen LogP contribution in [0.1, 0.15) is 20.8 Å². The van der Waals surface area contributed by atoms with E-state index in [1.165, 1.54) is 10.4 Å². The van der Waals surface area contributed by atoms with Crippen LogP contribution in [-0.2, 0) is 10.0 Å². The summed E-state index contributed by atoms with van der Waals surface area (Å²) in [6.07, 6.45) is 0. The Balaban J connectivity index is 3.18. The Labute approximate surface area is 108 Å². The lowest BCUT2D eigenvalue weighted by Crippen LogP contribution is -2.34. The number of hydrogen-bond donors (Lipinski definition) is 1. The largest absolute Gasteiger partial charge is 0.399 e. The van der Waals surface area contributed by atoms with E-state index in [1.807, 2.05) is 13.8 Å². The van der Waals surface area contributed by atoms with Crippen molar-refractivity contribution in [2.75, 3.05) is 18.8 Å². The molecule has 0 saturated carbocycles. The van der Waals surface area contributed by atoms with Crippen LogP contribution in [0, 0.1) is 11.7 Å². The maximum atomic E-state index is 13.2. The van der Waals surface area contributed by atoms with Gasteiger partial charge in [-0.05, 0) is 24.1 Å². The van der Waals surface area contributed by atoms with Crippen molar-refractivity contribution in [2.24, 2.45) is 5.92 Å². The first-order valence-corrected chi connectivity index (χ1v) is 7.27. The van der Waals surface area contributed by atoms with Gasteiger partial charge in [0, 0.05) is 18.8 Å². The van der Waals surface area contributed by atoms with Crippen molar-refractivity contribution in [1.82, 2.24) is 4.31 Å². The summed E-state index contributed by atoms with van der Waals surface area (Å²) in [4.78, 5) is -0.0949. The average molecular weight is 274 g/mol. The monoisotopic (exact) mass is 274 g/mol. The minimum absolute atomic E-state index is 0.0949. The Morgan fingerprint density at radius 1 is 1.33 bits per heavy atom. The van der Waals surface area contributed by atoms with Crippen molar-refractivity contribution >= 4 is 15.7 Å². The second-order valence-electron chi connectivity index (χ2n) is 4.57. The zero-order valence-electron chi connectivity index (χ0n) is 10.9. The van der Waals surface area contributed by atoms with Gasteiger partial charge in [-0.2, -0.15) is 4.31 Å². The zero-order valence-corrected chi connectivity index (χ0v) is 11.7. The van der Waals surface area contributed by atoms with E-state index in [9.17, 15) is 12.8 Å². The highest BCUT2D eigenvalue weighted by Crippen LogP contribution is 2.20. The van der Waals surface area contributed by atoms with Gasteiger partial charge < -0.3 is 5.73 Å². The maximum Gasteiger partial charge on any atom is 0.243 e. The molecule has 0 unspecified atom stereocenters. The summed E-state index contributed by atoms with van der Waals surface area (Å²) in [6, 6.07) is 3.37. The first-order chi connectivity index (χ1) is 8.27. The molecule has 0 aromatic heterocycles. The summed E-state index contributed by atoms with van der Waals surface area (Å²) in [5.74, 6) is -0.445. The molecule has 1 rings (SSSR count). The average Bonchev–Trinajstić information content (AvgIpc) is 2.24. The van der Waals surface area contributed by atoms with Crippen LogP contribution in [0.2, 0.25) is 0 Å². The second kappa shape index (κ2) is 5.67. The molecular formula is C12H19FN2O2S. The van der Waals surface area contributed by atoms with Gasteiger partial charge in [-0.15, -0.1) is 0 Å². The van der Waals surface area contributed by atoms with Crippen LogP contribution in [0.5, 0.6) is 0 Å². The molecule has 0 atom stereocenters. The molecule has 0 spiro atoms. The van der Waals surface area contributed by atoms with E-state index >= 15 is 0 Å². The summed E-state index contributed by atoms with van der Waals surface area (Å²) in [5, 5.41) is 0. The van der Waals surface area contributed by atoms with Crippen LogP contribution in [0.4, 0.5) is 10.1 Å². The number of nitrogens with zero attached hydrogens (tertiary/aromatic N) is 1. The third kappa shape index (κ3) is 3.43. The van der Waals surface area contributed by atoms with Crippen LogP contribution in [0.15, 0.2) is 23.1 Å². The van der Waals surface area contributed by atoms with Crippen molar-refractivity contribution in [3.05, 3.63) is 24.0 Å². The molecule has 0 radical (unpaired) electrons. The number of anilines is 1. The molecule has 1 aromatic carbocycles. The lowest BCUT2D eigenvalue weighted by Gasteiger charge is -2.22. The first kappa shape index (κ1) is 14.9. The highest BCUT2D eigenvalue weighted by molar-refractivity contribution is 7.89. The molecule has 0 amide bonds. The van der Waals surface area contributed by atoms with Gasteiger partial charge in [-0.25, -0.2) is 12.8 Å². The van der Waals surface area contributed by atoms with E-state index in [-0.39, 0.29) is 16.5 Å². The quantitative estimate of drug-likeness (QED) is 0.836. The maximum absolute atomic E-state index is 13.2. The molecule has 0 bridgehead atoms. The smallest absolute Gasteiger partial charge is 0.243 e. The first-order valence-electron chi connectivity index (χ1n) is 5.83. The van der Waals surface area contributed by atoms with Gasteiger partial charge >= 0.3 is 0 Å². The predicted octanol–water partition coefficient (Wildman–Crippen LogP) is 2.07. The highest BCUT2D eigenvalue weighted by Gasteiger charge is 2.24. The second-order valence-corrected chi connectivity index (χ2v) is 6.51. The van der Waals surface area contributed by atoms with E-state index in [0.717, 1.165) is 12.1 Å². The summed E-state index contributed by atoms with van der Waals surface area (Å²) in [5.41, 5.74) is 5.58. The standard InChI is InChI=1S/C12H19FN2O2S/c1-4-15(8-9(2)3)18(16,17)12-6-10(13)5-11(14)7-12/h5-7,9H,4,8,14H2,1-3H3. The molecule has 1 aromatic rings. The van der Waals surface area contributed by atoms with Gasteiger partial charge in [0.1, 0.15) is 5.82 Å². The third-order valence-electron chi connectivity index (χ3n) is 2.45. The Kier molecular flexibility index (Phi) is 4.70. The summed E-state index contributed by atoms with van der Waals surface area (Å²) in [7, 11) is -3.68. The topological polar surface area (TPSA) is 63.4 Å². The molecule has 102 valence electrons. The number of rotatable bonds is 5. The summed E-state index contributed by atoms with van der Waals surface area (Å²) < 4.78 is 39.2. The van der Waals surface area contributed by atoms with Crippen LogP contribution in [-0.4, -0.2) is 25.8 Å². The molecule has 0 saturated heterocycles. The normalized spacial score (nSPS) is 12.3. The minimum Gasteiger partial charge on any atom is -0.399 e. The van der Waals surface area contributed by atoms with Crippen molar-refractivity contribution in [2.45, 2.75) is 25.7 Å². The number of benzene rings is 1. The van der Waals surface area contributed by atoms with Crippen molar-refractivity contribution in [1.29, 1.82) is 0 Å². The Bertz CT molecular complexity index is 495. The SMILES string of the molecule is CCN(CC(C)C)S(=O)(=O)c1cc(N)cc(F)c1. The number of nitrogen functional groups attached to an aromatic ring is 1. The molecule has 0 aliphatic rings. The molecule has 0 heterocycles. The fraction of sp³-hybridized carbons (Fsp3) is 0.500. The van der Waals surface area contributed by atoms with E-state index in [4.69, 9.17) is 5.73 Å². The fourth-order valence-corrected chi connectivity index (χ4v) is 3.37.